The van der Waals surface area contributed by atoms with Crippen molar-refractivity contribution < 1.29 is 0 Å². The van der Waals surface area contributed by atoms with E-state index in [4.69, 9.17) is 0 Å². The van der Waals surface area contributed by atoms with E-state index in [0.29, 0.717) is 0 Å². The SMILES string of the molecule is [Br][Mg][Br].[c]1cccc2ccccc12. The molecule has 0 aliphatic rings. The van der Waals surface area contributed by atoms with E-state index in [0.717, 1.165) is 0 Å². The van der Waals surface area contributed by atoms with E-state index in [9.17, 15) is 0 Å². The first-order valence-electron chi connectivity index (χ1n) is 3.86. The molecule has 0 atom stereocenters. The van der Waals surface area contributed by atoms with Gasteiger partial charge in [0.1, 0.15) is 0 Å². The van der Waals surface area contributed by atoms with E-state index in [2.05, 4.69) is 50.0 Å². The highest BCUT2D eigenvalue weighted by molar-refractivity contribution is 9.47. The van der Waals surface area contributed by atoms with Gasteiger partial charge in [-0.2, -0.15) is 0 Å². The van der Waals surface area contributed by atoms with Crippen molar-refractivity contribution in [3.8, 4) is 0 Å². The monoisotopic (exact) mass is 309 g/mol. The lowest BCUT2D eigenvalue weighted by Crippen LogP contribution is -1.67. The number of halogens is 2. The van der Waals surface area contributed by atoms with Crippen LogP contribution >= 0.6 is 25.8 Å². The summed E-state index contributed by atoms with van der Waals surface area (Å²) in [5.41, 5.74) is 0. The lowest BCUT2D eigenvalue weighted by atomic mass is 10.1. The lowest BCUT2D eigenvalue weighted by molar-refractivity contribution is 1.74. The summed E-state index contributed by atoms with van der Waals surface area (Å²) in [4.78, 5) is 0. The molecule has 0 saturated carbocycles. The Hall–Kier alpha value is 0.426. The van der Waals surface area contributed by atoms with Crippen LogP contribution in [0.1, 0.15) is 0 Å². The third kappa shape index (κ3) is 3.98. The predicted octanol–water partition coefficient (Wildman–Crippen LogP) is 3.95. The van der Waals surface area contributed by atoms with Crippen LogP contribution in [0.3, 0.4) is 0 Å². The van der Waals surface area contributed by atoms with Crippen LogP contribution in [0, 0.1) is 6.07 Å². The molecule has 0 nitrogen and oxygen atoms in total. The van der Waals surface area contributed by atoms with Crippen LogP contribution in [0.5, 0.6) is 0 Å². The summed E-state index contributed by atoms with van der Waals surface area (Å²) in [6.45, 7) is 0. The fraction of sp³-hybridized carbons (Fsp3) is 0. The Labute approximate surface area is 100 Å². The topological polar surface area (TPSA) is 0 Å². The highest BCUT2D eigenvalue weighted by atomic mass is 79.9. The second-order valence-electron chi connectivity index (χ2n) is 2.36. The zero-order valence-corrected chi connectivity index (χ0v) is 11.6. The average Bonchev–Trinajstić information content (AvgIpc) is 2.19. The van der Waals surface area contributed by atoms with Crippen LogP contribution in [0.25, 0.3) is 10.8 Å². The van der Waals surface area contributed by atoms with Gasteiger partial charge in [0.25, 0.3) is 0 Å². The Kier molecular flexibility index (Phi) is 6.03. The molecule has 63 valence electrons. The average molecular weight is 311 g/mol. The molecule has 0 aliphatic heterocycles. The molecule has 13 heavy (non-hydrogen) atoms. The predicted molar refractivity (Wildman–Crippen MR) is 66.4 cm³/mol. The van der Waals surface area contributed by atoms with Crippen molar-refractivity contribution in [2.75, 3.05) is 0 Å². The van der Waals surface area contributed by atoms with Crippen LogP contribution in [-0.4, -0.2) is 16.0 Å². The van der Waals surface area contributed by atoms with Gasteiger partial charge >= 0.3 is 16.0 Å². The normalized spacial score (nSPS) is 8.46. The quantitative estimate of drug-likeness (QED) is 0.646. The van der Waals surface area contributed by atoms with Gasteiger partial charge in [-0.05, 0) is 16.8 Å². The van der Waals surface area contributed by atoms with Crippen LogP contribution < -0.4 is 0 Å². The molecule has 0 aromatic heterocycles. The molecular formula is C10H7Br2Mg. The Morgan fingerprint density at radius 3 is 2.31 bits per heavy atom. The summed E-state index contributed by atoms with van der Waals surface area (Å²) in [7, 11) is 0. The minimum Gasteiger partial charge on any atom is -0.280 e. The summed E-state index contributed by atoms with van der Waals surface area (Å²) >= 11 is 6.44. The molecular weight excluding hydrogens is 304 g/mol. The molecule has 0 unspecified atom stereocenters. The van der Waals surface area contributed by atoms with E-state index >= 15 is 0 Å². The molecule has 2 rings (SSSR count). The molecule has 0 fully saturated rings. The van der Waals surface area contributed by atoms with E-state index in [1.807, 2.05) is 24.3 Å². The maximum atomic E-state index is 3.20. The number of hydrogen-bond donors (Lipinski definition) is 0. The number of fused-ring (bicyclic) bond motifs is 1. The Bertz CT molecular complexity index is 297. The molecule has 0 aliphatic carbocycles. The van der Waals surface area contributed by atoms with Gasteiger partial charge in [0.15, 0.2) is 0 Å². The minimum atomic E-state index is 0.0417. The lowest BCUT2D eigenvalue weighted by Gasteiger charge is -1.91. The molecule has 2 aromatic rings. The largest absolute Gasteiger partial charge is 0.560 e. The summed E-state index contributed by atoms with van der Waals surface area (Å²) in [6, 6.07) is 17.4. The Morgan fingerprint density at radius 1 is 1.00 bits per heavy atom. The van der Waals surface area contributed by atoms with Gasteiger partial charge in [-0.1, -0.05) is 42.5 Å². The van der Waals surface area contributed by atoms with Crippen LogP contribution in [0.2, 0.25) is 0 Å². The smallest absolute Gasteiger partial charge is 0.280 e. The Balaban J connectivity index is 0.000000251. The standard InChI is InChI=1S/C10H7.2BrH.Mg/c1-2-6-10-8-4-3-7-9(10)5-1;;;/h1-7H;2*1H;/q;;;+2/p-2. The zero-order chi connectivity index (χ0) is 9.52. The first-order chi connectivity index (χ1) is 6.38. The summed E-state index contributed by atoms with van der Waals surface area (Å²) < 4.78 is 0. The van der Waals surface area contributed by atoms with Gasteiger partial charge in [0.2, 0.25) is 0 Å². The summed E-state index contributed by atoms with van der Waals surface area (Å²) in [5.74, 6) is 0. The molecule has 0 N–H and O–H groups in total. The van der Waals surface area contributed by atoms with Crippen molar-refractivity contribution in [2.45, 2.75) is 0 Å². The maximum absolute atomic E-state index is 3.20. The Morgan fingerprint density at radius 2 is 1.62 bits per heavy atom. The van der Waals surface area contributed by atoms with Crippen molar-refractivity contribution in [3.05, 3.63) is 48.5 Å². The van der Waals surface area contributed by atoms with Gasteiger partial charge in [0, 0.05) is 0 Å². The van der Waals surface area contributed by atoms with Crippen LogP contribution in [0.4, 0.5) is 0 Å². The van der Waals surface area contributed by atoms with Crippen LogP contribution in [-0.2, 0) is 0 Å². The molecule has 0 heterocycles. The van der Waals surface area contributed by atoms with Gasteiger partial charge in [-0.15, -0.1) is 0 Å². The van der Waals surface area contributed by atoms with E-state index in [-0.39, 0.29) is 16.0 Å². The van der Waals surface area contributed by atoms with Gasteiger partial charge in [-0.25, -0.2) is 0 Å². The third-order valence-electron chi connectivity index (χ3n) is 1.57. The van der Waals surface area contributed by atoms with Gasteiger partial charge in [0.05, 0.1) is 0 Å². The summed E-state index contributed by atoms with van der Waals surface area (Å²) in [5, 5.41) is 2.44. The maximum Gasteiger partial charge on any atom is 0.560 e. The second-order valence-corrected chi connectivity index (χ2v) is 10.4. The first kappa shape index (κ1) is 11.5. The van der Waals surface area contributed by atoms with Gasteiger partial charge in [-0.3, -0.25) is 25.8 Å². The third-order valence-corrected chi connectivity index (χ3v) is 1.57. The van der Waals surface area contributed by atoms with Crippen molar-refractivity contribution in [1.29, 1.82) is 0 Å². The second kappa shape index (κ2) is 6.82. The summed E-state index contributed by atoms with van der Waals surface area (Å²) in [6.07, 6.45) is 0. The highest BCUT2D eigenvalue weighted by Gasteiger charge is 1.85. The van der Waals surface area contributed by atoms with Gasteiger partial charge < -0.3 is 0 Å². The fourth-order valence-electron chi connectivity index (χ4n) is 1.06. The van der Waals surface area contributed by atoms with Crippen molar-refractivity contribution in [1.82, 2.24) is 0 Å². The number of rotatable bonds is 0. The minimum absolute atomic E-state index is 0.0417. The van der Waals surface area contributed by atoms with E-state index < -0.39 is 0 Å². The van der Waals surface area contributed by atoms with Crippen molar-refractivity contribution >= 4 is 52.6 Å². The zero-order valence-electron chi connectivity index (χ0n) is 7.00. The van der Waals surface area contributed by atoms with E-state index in [1.165, 1.54) is 10.8 Å². The van der Waals surface area contributed by atoms with Crippen molar-refractivity contribution in [3.63, 3.8) is 0 Å². The fourth-order valence-corrected chi connectivity index (χ4v) is 1.06. The highest BCUT2D eigenvalue weighted by Crippen LogP contribution is 2.10. The molecule has 0 bridgehead atoms. The molecule has 0 amide bonds. The number of hydrogen-bond acceptors (Lipinski definition) is 0. The first-order valence-corrected chi connectivity index (χ1v) is 11.7. The molecule has 2 aromatic carbocycles. The van der Waals surface area contributed by atoms with Crippen LogP contribution in [0.15, 0.2) is 42.5 Å². The molecule has 0 saturated heterocycles. The number of benzene rings is 2. The van der Waals surface area contributed by atoms with Crippen molar-refractivity contribution in [2.24, 2.45) is 0 Å². The molecule has 3 heteroatoms. The van der Waals surface area contributed by atoms with E-state index in [1.54, 1.807) is 0 Å². The molecule has 0 spiro atoms. The molecule has 1 radical (unpaired) electrons.